The molecule has 0 saturated heterocycles. The Kier molecular flexibility index (Phi) is 3.69. The van der Waals surface area contributed by atoms with E-state index in [4.69, 9.17) is 17.3 Å². The largest absolute Gasteiger partial charge is 0.399 e. The van der Waals surface area contributed by atoms with Crippen molar-refractivity contribution in [1.82, 2.24) is 0 Å². The van der Waals surface area contributed by atoms with Gasteiger partial charge in [-0.05, 0) is 47.4 Å². The average Bonchev–Trinajstić information content (AvgIpc) is 2.77. The van der Waals surface area contributed by atoms with Crippen LogP contribution in [0.5, 0.6) is 0 Å². The number of rotatable bonds is 2. The molecule has 2 atom stereocenters. The first-order valence-corrected chi connectivity index (χ1v) is 7.89. The molecular weight excluding hydrogens is 308 g/mol. The predicted molar refractivity (Wildman–Crippen MR) is 82.8 cm³/mol. The first kappa shape index (κ1) is 14.1. The Bertz CT molecular complexity index is 808. The van der Waals surface area contributed by atoms with Crippen molar-refractivity contribution in [2.24, 2.45) is 4.36 Å². The van der Waals surface area contributed by atoms with Gasteiger partial charge in [0.2, 0.25) is 0 Å². The lowest BCUT2D eigenvalue weighted by Gasteiger charge is -2.15. The maximum absolute atomic E-state index is 11.1. The molecule has 108 valence electrons. The van der Waals surface area contributed by atoms with Crippen molar-refractivity contribution in [3.8, 4) is 0 Å². The molecule has 0 heterocycles. The third-order valence-corrected chi connectivity index (χ3v) is 4.46. The molecule has 0 bridgehead atoms. The van der Waals surface area contributed by atoms with Gasteiger partial charge in [-0.1, -0.05) is 29.8 Å². The summed E-state index contributed by atoms with van der Waals surface area (Å²) in [6.45, 7) is 0. The second kappa shape index (κ2) is 5.50. The Morgan fingerprint density at radius 1 is 1.14 bits per heavy atom. The van der Waals surface area contributed by atoms with Gasteiger partial charge in [0.15, 0.2) is 0 Å². The van der Waals surface area contributed by atoms with Crippen LogP contribution in [0.1, 0.15) is 28.7 Å². The maximum atomic E-state index is 11.1. The van der Waals surface area contributed by atoms with E-state index in [0.29, 0.717) is 17.1 Å². The summed E-state index contributed by atoms with van der Waals surface area (Å²) in [6.07, 6.45) is 0.716. The van der Waals surface area contributed by atoms with E-state index in [2.05, 4.69) is 4.36 Å². The highest BCUT2D eigenvalue weighted by atomic mass is 35.5. The van der Waals surface area contributed by atoms with E-state index in [1.165, 1.54) is 0 Å². The molecule has 6 heteroatoms. The molecule has 2 aromatic carbocycles. The van der Waals surface area contributed by atoms with Crippen LogP contribution in [0.25, 0.3) is 0 Å². The highest BCUT2D eigenvalue weighted by Gasteiger charge is 2.34. The lowest BCUT2D eigenvalue weighted by molar-refractivity contribution is 0.585. The molecular formula is C15H13ClN2O2S. The molecule has 0 radical (unpaired) electrons. The van der Waals surface area contributed by atoms with Crippen molar-refractivity contribution in [2.45, 2.75) is 18.4 Å². The topological polar surface area (TPSA) is 72.5 Å². The highest BCUT2D eigenvalue weighted by molar-refractivity contribution is 7.61. The van der Waals surface area contributed by atoms with Crippen LogP contribution in [0.15, 0.2) is 46.8 Å². The van der Waals surface area contributed by atoms with Gasteiger partial charge in [0.1, 0.15) is 0 Å². The van der Waals surface area contributed by atoms with Crippen molar-refractivity contribution in [3.63, 3.8) is 0 Å². The van der Waals surface area contributed by atoms with Gasteiger partial charge in [0, 0.05) is 16.6 Å². The van der Waals surface area contributed by atoms with Gasteiger partial charge >= 0.3 is 10.5 Å². The second-order valence-corrected chi connectivity index (χ2v) is 6.17. The number of nitrogens with zero attached hydrogens (tertiary/aromatic N) is 1. The molecule has 0 fully saturated rings. The molecule has 0 aliphatic heterocycles. The Balaban J connectivity index is 2.09. The van der Waals surface area contributed by atoms with Gasteiger partial charge in [-0.3, -0.25) is 0 Å². The molecule has 0 spiro atoms. The van der Waals surface area contributed by atoms with Gasteiger partial charge in [0.25, 0.3) is 0 Å². The van der Waals surface area contributed by atoms with Gasteiger partial charge < -0.3 is 5.73 Å². The van der Waals surface area contributed by atoms with Crippen molar-refractivity contribution in [1.29, 1.82) is 0 Å². The molecule has 2 unspecified atom stereocenters. The molecule has 21 heavy (non-hydrogen) atoms. The fraction of sp³-hybridized carbons (Fsp3) is 0.200. The molecule has 2 N–H and O–H groups in total. The first-order valence-electron chi connectivity index (χ1n) is 6.48. The van der Waals surface area contributed by atoms with Crippen LogP contribution in [0.3, 0.4) is 0 Å². The van der Waals surface area contributed by atoms with Gasteiger partial charge in [-0.15, -0.1) is 0 Å². The standard InChI is InChI=1S/C15H13ClN2O2S/c16-11-3-1-9(2-4-11)14-8-10-7-12(17)5-6-13(10)15(14)18-21(19)20/h1-7,14-15H,8,17H2. The summed E-state index contributed by atoms with van der Waals surface area (Å²) in [7, 11) is -2.45. The normalized spacial score (nSPS) is 20.0. The Hall–Kier alpha value is -1.85. The number of fused-ring (bicyclic) bond motifs is 1. The Morgan fingerprint density at radius 2 is 1.86 bits per heavy atom. The number of hydrogen-bond donors (Lipinski definition) is 1. The van der Waals surface area contributed by atoms with Crippen LogP contribution in [0, 0.1) is 0 Å². The molecule has 0 aromatic heterocycles. The molecule has 2 aromatic rings. The van der Waals surface area contributed by atoms with Crippen molar-refractivity contribution >= 4 is 27.8 Å². The minimum absolute atomic E-state index is 0.0167. The highest BCUT2D eigenvalue weighted by Crippen LogP contribution is 2.45. The second-order valence-electron chi connectivity index (χ2n) is 5.09. The van der Waals surface area contributed by atoms with Crippen molar-refractivity contribution < 1.29 is 8.42 Å². The van der Waals surface area contributed by atoms with E-state index >= 15 is 0 Å². The molecule has 4 nitrogen and oxygen atoms in total. The summed E-state index contributed by atoms with van der Waals surface area (Å²) >= 11 is 5.91. The lowest BCUT2D eigenvalue weighted by atomic mass is 9.93. The number of benzene rings is 2. The Labute approximate surface area is 129 Å². The predicted octanol–water partition coefficient (Wildman–Crippen LogP) is 3.37. The summed E-state index contributed by atoms with van der Waals surface area (Å²) < 4.78 is 26.0. The zero-order chi connectivity index (χ0) is 15.0. The smallest absolute Gasteiger partial charge is 0.311 e. The van der Waals surface area contributed by atoms with E-state index < -0.39 is 16.5 Å². The van der Waals surface area contributed by atoms with Crippen LogP contribution in [0.2, 0.25) is 5.02 Å². The Morgan fingerprint density at radius 3 is 2.52 bits per heavy atom. The SMILES string of the molecule is Nc1ccc2c(c1)CC(c1ccc(Cl)cc1)C2N=S(=O)=O. The summed E-state index contributed by atoms with van der Waals surface area (Å²) in [5, 5.41) is 0.652. The molecule has 0 amide bonds. The number of hydrogen-bond acceptors (Lipinski definition) is 4. The fourth-order valence-corrected chi connectivity index (χ4v) is 3.46. The quantitative estimate of drug-likeness (QED) is 0.862. The van der Waals surface area contributed by atoms with E-state index in [1.54, 1.807) is 18.2 Å². The monoisotopic (exact) mass is 320 g/mol. The van der Waals surface area contributed by atoms with Crippen LogP contribution >= 0.6 is 11.6 Å². The molecule has 1 aliphatic carbocycles. The van der Waals surface area contributed by atoms with Gasteiger partial charge in [0.05, 0.1) is 6.04 Å². The molecule has 3 rings (SSSR count). The van der Waals surface area contributed by atoms with Crippen LogP contribution in [0.4, 0.5) is 5.69 Å². The summed E-state index contributed by atoms with van der Waals surface area (Å²) in [5.41, 5.74) is 9.48. The van der Waals surface area contributed by atoms with Crippen molar-refractivity contribution in [2.75, 3.05) is 5.73 Å². The summed E-state index contributed by atoms with van der Waals surface area (Å²) in [6, 6.07) is 12.6. The van der Waals surface area contributed by atoms with Crippen LogP contribution in [-0.4, -0.2) is 8.42 Å². The number of anilines is 1. The summed E-state index contributed by atoms with van der Waals surface area (Å²) in [5.74, 6) is -0.0167. The maximum Gasteiger partial charge on any atom is 0.311 e. The van der Waals surface area contributed by atoms with E-state index in [0.717, 1.165) is 16.7 Å². The minimum atomic E-state index is -2.45. The van der Waals surface area contributed by atoms with E-state index in [9.17, 15) is 8.42 Å². The van der Waals surface area contributed by atoms with Gasteiger partial charge in [-0.2, -0.15) is 12.8 Å². The minimum Gasteiger partial charge on any atom is -0.399 e. The van der Waals surface area contributed by atoms with Crippen LogP contribution < -0.4 is 5.73 Å². The molecule has 1 aliphatic rings. The average molecular weight is 321 g/mol. The third-order valence-electron chi connectivity index (χ3n) is 3.80. The fourth-order valence-electron chi connectivity index (χ4n) is 2.89. The number of nitrogen functional groups attached to an aromatic ring is 1. The third kappa shape index (κ3) is 2.80. The molecule has 0 saturated carbocycles. The number of nitrogens with two attached hydrogens (primary N) is 1. The summed E-state index contributed by atoms with van der Waals surface area (Å²) in [4.78, 5) is 0. The van der Waals surface area contributed by atoms with Crippen LogP contribution in [-0.2, 0) is 16.9 Å². The van der Waals surface area contributed by atoms with Gasteiger partial charge in [-0.25, -0.2) is 0 Å². The zero-order valence-electron chi connectivity index (χ0n) is 11.0. The van der Waals surface area contributed by atoms with E-state index in [-0.39, 0.29) is 5.92 Å². The number of halogens is 1. The van der Waals surface area contributed by atoms with E-state index in [1.807, 2.05) is 24.3 Å². The first-order chi connectivity index (χ1) is 10.0. The zero-order valence-corrected chi connectivity index (χ0v) is 12.6. The van der Waals surface area contributed by atoms with Crippen molar-refractivity contribution in [3.05, 3.63) is 64.2 Å². The lowest BCUT2D eigenvalue weighted by Crippen LogP contribution is -2.04.